The van der Waals surface area contributed by atoms with Crippen LogP contribution in [0.3, 0.4) is 0 Å². The number of hydrogen-bond donors (Lipinski definition) is 0. The molecule has 1 aliphatic carbocycles. The zero-order valence-corrected chi connectivity index (χ0v) is 16.4. The van der Waals surface area contributed by atoms with Gasteiger partial charge in [-0.05, 0) is 50.5 Å². The molecule has 2 atom stereocenters. The predicted molar refractivity (Wildman–Crippen MR) is 110 cm³/mol. The van der Waals surface area contributed by atoms with Crippen molar-refractivity contribution in [3.63, 3.8) is 0 Å². The van der Waals surface area contributed by atoms with Gasteiger partial charge >= 0.3 is 5.97 Å². The van der Waals surface area contributed by atoms with Gasteiger partial charge in [0.1, 0.15) is 5.92 Å². The molecule has 3 rings (SSSR count). The number of benzene rings is 2. The molecule has 2 aromatic carbocycles. The summed E-state index contributed by atoms with van der Waals surface area (Å²) in [6.45, 7) is 6.25. The molecule has 1 fully saturated rings. The van der Waals surface area contributed by atoms with E-state index in [2.05, 4.69) is 26.0 Å². The van der Waals surface area contributed by atoms with Crippen LogP contribution in [0.5, 0.6) is 0 Å². The number of carbonyl (C=O) groups is 1. The SMILES string of the molecule is COC(=O)C1CC(=Nc2ccc(C)cc2)C(C)CC1=Nc1ccc(C)cc1. The normalized spacial score (nSPS) is 22.8. The smallest absolute Gasteiger partial charge is 0.314 e. The minimum absolute atomic E-state index is 0.233. The molecule has 1 saturated carbocycles. The molecule has 0 aromatic heterocycles. The van der Waals surface area contributed by atoms with Gasteiger partial charge in [0.25, 0.3) is 0 Å². The van der Waals surface area contributed by atoms with Crippen molar-refractivity contribution in [1.29, 1.82) is 0 Å². The summed E-state index contributed by atoms with van der Waals surface area (Å²) in [5, 5.41) is 0. The summed E-state index contributed by atoms with van der Waals surface area (Å²) in [7, 11) is 1.43. The van der Waals surface area contributed by atoms with Crippen LogP contribution in [0.1, 0.15) is 30.9 Å². The molecular formula is C23H26N2O2. The molecule has 0 bridgehead atoms. The summed E-state index contributed by atoms with van der Waals surface area (Å²) in [6, 6.07) is 16.2. The lowest BCUT2D eigenvalue weighted by molar-refractivity contribution is -0.142. The molecular weight excluding hydrogens is 336 g/mol. The fourth-order valence-corrected chi connectivity index (χ4v) is 3.31. The molecule has 27 heavy (non-hydrogen) atoms. The Morgan fingerprint density at radius 2 is 1.33 bits per heavy atom. The Balaban J connectivity index is 1.91. The third-order valence-electron chi connectivity index (χ3n) is 5.00. The lowest BCUT2D eigenvalue weighted by Gasteiger charge is -2.28. The highest BCUT2D eigenvalue weighted by atomic mass is 16.5. The van der Waals surface area contributed by atoms with Crippen LogP contribution in [0.15, 0.2) is 58.5 Å². The lowest BCUT2D eigenvalue weighted by atomic mass is 9.79. The molecule has 0 radical (unpaired) electrons. The van der Waals surface area contributed by atoms with Gasteiger partial charge in [-0.1, -0.05) is 42.3 Å². The number of hydrogen-bond acceptors (Lipinski definition) is 4. The van der Waals surface area contributed by atoms with Gasteiger partial charge in [0.15, 0.2) is 0 Å². The highest BCUT2D eigenvalue weighted by Gasteiger charge is 2.34. The Kier molecular flexibility index (Phi) is 5.84. The number of aryl methyl sites for hydroxylation is 2. The van der Waals surface area contributed by atoms with Gasteiger partial charge in [0, 0.05) is 17.8 Å². The molecule has 0 spiro atoms. The van der Waals surface area contributed by atoms with Crippen molar-refractivity contribution in [3.8, 4) is 0 Å². The summed E-state index contributed by atoms with van der Waals surface area (Å²) >= 11 is 0. The van der Waals surface area contributed by atoms with E-state index in [1.165, 1.54) is 18.2 Å². The van der Waals surface area contributed by atoms with Crippen molar-refractivity contribution < 1.29 is 9.53 Å². The lowest BCUT2D eigenvalue weighted by Crippen LogP contribution is -2.36. The predicted octanol–water partition coefficient (Wildman–Crippen LogP) is 5.37. The Hall–Kier alpha value is -2.75. The minimum Gasteiger partial charge on any atom is -0.469 e. The van der Waals surface area contributed by atoms with Crippen LogP contribution in [0.25, 0.3) is 0 Å². The molecule has 140 valence electrons. The van der Waals surface area contributed by atoms with E-state index < -0.39 is 0 Å². The van der Waals surface area contributed by atoms with Crippen LogP contribution in [-0.2, 0) is 9.53 Å². The standard InChI is InChI=1S/C23H26N2O2/c1-15-5-9-18(10-6-15)24-21-14-20(23(26)27-4)22(13-17(21)3)25-19-11-7-16(2)8-12-19/h5-12,17,20H,13-14H2,1-4H3. The Bertz CT molecular complexity index is 864. The third-order valence-corrected chi connectivity index (χ3v) is 5.00. The first-order valence-electron chi connectivity index (χ1n) is 9.32. The van der Waals surface area contributed by atoms with E-state index in [1.807, 2.05) is 43.3 Å². The average Bonchev–Trinajstić information content (AvgIpc) is 2.66. The van der Waals surface area contributed by atoms with Crippen LogP contribution in [0, 0.1) is 25.7 Å². The quantitative estimate of drug-likeness (QED) is 0.689. The van der Waals surface area contributed by atoms with Crippen molar-refractivity contribution in [3.05, 3.63) is 59.7 Å². The molecule has 0 N–H and O–H groups in total. The van der Waals surface area contributed by atoms with Gasteiger partial charge in [0.05, 0.1) is 18.5 Å². The van der Waals surface area contributed by atoms with Crippen molar-refractivity contribution in [2.45, 2.75) is 33.6 Å². The van der Waals surface area contributed by atoms with Crippen molar-refractivity contribution in [2.24, 2.45) is 21.8 Å². The van der Waals surface area contributed by atoms with E-state index in [-0.39, 0.29) is 17.8 Å². The Morgan fingerprint density at radius 1 is 0.852 bits per heavy atom. The van der Waals surface area contributed by atoms with Crippen molar-refractivity contribution in [2.75, 3.05) is 7.11 Å². The van der Waals surface area contributed by atoms with Crippen LogP contribution in [0.4, 0.5) is 11.4 Å². The Morgan fingerprint density at radius 3 is 1.81 bits per heavy atom. The highest BCUT2D eigenvalue weighted by molar-refractivity contribution is 6.11. The Labute approximate surface area is 161 Å². The van der Waals surface area contributed by atoms with Gasteiger partial charge in [-0.15, -0.1) is 0 Å². The van der Waals surface area contributed by atoms with E-state index in [0.29, 0.717) is 12.8 Å². The second-order valence-electron chi connectivity index (χ2n) is 7.26. The van der Waals surface area contributed by atoms with Crippen LogP contribution in [-0.4, -0.2) is 24.5 Å². The van der Waals surface area contributed by atoms with E-state index in [9.17, 15) is 4.79 Å². The summed E-state index contributed by atoms with van der Waals surface area (Å²) in [6.07, 6.45) is 1.25. The first-order valence-corrected chi connectivity index (χ1v) is 9.32. The summed E-state index contributed by atoms with van der Waals surface area (Å²) < 4.78 is 5.05. The van der Waals surface area contributed by atoms with Crippen LogP contribution in [0.2, 0.25) is 0 Å². The monoisotopic (exact) mass is 362 g/mol. The van der Waals surface area contributed by atoms with E-state index in [1.54, 1.807) is 0 Å². The average molecular weight is 362 g/mol. The largest absolute Gasteiger partial charge is 0.469 e. The van der Waals surface area contributed by atoms with E-state index in [0.717, 1.165) is 22.8 Å². The van der Waals surface area contributed by atoms with Gasteiger partial charge in [-0.3, -0.25) is 14.8 Å². The number of esters is 1. The maximum Gasteiger partial charge on any atom is 0.314 e. The minimum atomic E-state index is -0.378. The van der Waals surface area contributed by atoms with Crippen molar-refractivity contribution >= 4 is 28.8 Å². The van der Waals surface area contributed by atoms with Gasteiger partial charge < -0.3 is 4.74 Å². The molecule has 0 heterocycles. The fraction of sp³-hybridized carbons (Fsp3) is 0.348. The zero-order chi connectivity index (χ0) is 19.4. The van der Waals surface area contributed by atoms with Gasteiger partial charge in [0.2, 0.25) is 0 Å². The molecule has 2 unspecified atom stereocenters. The van der Waals surface area contributed by atoms with Crippen molar-refractivity contribution in [1.82, 2.24) is 0 Å². The molecule has 4 heteroatoms. The number of rotatable bonds is 3. The summed E-state index contributed by atoms with van der Waals surface area (Å²) in [5.74, 6) is -0.391. The maximum absolute atomic E-state index is 12.4. The van der Waals surface area contributed by atoms with Crippen LogP contribution >= 0.6 is 0 Å². The summed E-state index contributed by atoms with van der Waals surface area (Å²) in [4.78, 5) is 22.0. The molecule has 4 nitrogen and oxygen atoms in total. The van der Waals surface area contributed by atoms with E-state index >= 15 is 0 Å². The topological polar surface area (TPSA) is 51.0 Å². The van der Waals surface area contributed by atoms with Gasteiger partial charge in [-0.2, -0.15) is 0 Å². The number of methoxy groups -OCH3 is 1. The molecule has 0 saturated heterocycles. The fourth-order valence-electron chi connectivity index (χ4n) is 3.31. The third kappa shape index (κ3) is 4.70. The first-order chi connectivity index (χ1) is 13.0. The molecule has 0 aliphatic heterocycles. The van der Waals surface area contributed by atoms with Crippen LogP contribution < -0.4 is 0 Å². The number of carbonyl (C=O) groups excluding carboxylic acids is 1. The van der Waals surface area contributed by atoms with E-state index in [4.69, 9.17) is 14.7 Å². The first kappa shape index (κ1) is 19.0. The second kappa shape index (κ2) is 8.30. The highest BCUT2D eigenvalue weighted by Crippen LogP contribution is 2.30. The zero-order valence-electron chi connectivity index (χ0n) is 16.4. The van der Waals surface area contributed by atoms with Gasteiger partial charge in [-0.25, -0.2) is 0 Å². The molecule has 0 amide bonds. The summed E-state index contributed by atoms with van der Waals surface area (Å²) in [5.41, 5.74) is 6.09. The second-order valence-corrected chi connectivity index (χ2v) is 7.26. The molecule has 2 aromatic rings. The molecule has 1 aliphatic rings. The number of ether oxygens (including phenoxy) is 1. The number of aliphatic imine (C=N–C) groups is 2. The maximum atomic E-state index is 12.4. The number of nitrogens with zero attached hydrogens (tertiary/aromatic N) is 2.